The molecule has 0 amide bonds. The highest BCUT2D eigenvalue weighted by Gasteiger charge is 2.32. The number of anilines is 1. The van der Waals surface area contributed by atoms with E-state index in [1.165, 1.54) is 0 Å². The molecule has 0 atom stereocenters. The zero-order valence-corrected chi connectivity index (χ0v) is 14.3. The molecule has 0 spiro atoms. The van der Waals surface area contributed by atoms with Crippen LogP contribution in [0.5, 0.6) is 0 Å². The summed E-state index contributed by atoms with van der Waals surface area (Å²) in [6, 6.07) is 10.4. The number of para-hydroxylation sites is 1. The van der Waals surface area contributed by atoms with Gasteiger partial charge in [-0.3, -0.25) is 9.69 Å². The fourth-order valence-corrected chi connectivity index (χ4v) is 3.60. The first-order chi connectivity index (χ1) is 12.2. The maximum atomic E-state index is 12.7. The summed E-state index contributed by atoms with van der Waals surface area (Å²) in [7, 11) is 0. The number of nitrogens with zero attached hydrogens (tertiary/aromatic N) is 3. The minimum absolute atomic E-state index is 0.124. The molecular formula is C19H24N4O2. The number of nitrogen functional groups attached to an aromatic ring is 1. The van der Waals surface area contributed by atoms with Gasteiger partial charge in [0, 0.05) is 5.92 Å². The summed E-state index contributed by atoms with van der Waals surface area (Å²) in [4.78, 5) is 15.1. The van der Waals surface area contributed by atoms with E-state index in [0.29, 0.717) is 23.8 Å². The molecule has 1 aromatic carbocycles. The van der Waals surface area contributed by atoms with Gasteiger partial charge in [0.1, 0.15) is 5.78 Å². The molecule has 1 aromatic heterocycles. The van der Waals surface area contributed by atoms with E-state index in [1.807, 2.05) is 30.3 Å². The lowest BCUT2D eigenvalue weighted by Crippen LogP contribution is -2.52. The lowest BCUT2D eigenvalue weighted by atomic mass is 9.89. The normalized spacial score (nSPS) is 19.7. The Bertz CT molecular complexity index is 731. The fourth-order valence-electron chi connectivity index (χ4n) is 3.60. The van der Waals surface area contributed by atoms with Gasteiger partial charge in [-0.05, 0) is 38.1 Å². The first kappa shape index (κ1) is 16.3. The van der Waals surface area contributed by atoms with Crippen LogP contribution in [0.25, 0.3) is 5.69 Å². The number of rotatable bonds is 5. The summed E-state index contributed by atoms with van der Waals surface area (Å²) in [5.74, 6) is 0.382. The van der Waals surface area contributed by atoms with Gasteiger partial charge in [-0.2, -0.15) is 5.10 Å². The molecule has 25 heavy (non-hydrogen) atoms. The Hall–Kier alpha value is -2.18. The Labute approximate surface area is 147 Å². The van der Waals surface area contributed by atoms with E-state index in [1.54, 1.807) is 10.9 Å². The van der Waals surface area contributed by atoms with Gasteiger partial charge in [0.2, 0.25) is 0 Å². The smallest absolute Gasteiger partial charge is 0.142 e. The van der Waals surface area contributed by atoms with Crippen LogP contribution in [0.1, 0.15) is 18.5 Å². The van der Waals surface area contributed by atoms with Crippen molar-refractivity contribution in [3.8, 4) is 5.69 Å². The second-order valence-electron chi connectivity index (χ2n) is 6.96. The molecule has 0 saturated carbocycles. The molecule has 132 valence electrons. The van der Waals surface area contributed by atoms with Crippen molar-refractivity contribution in [3.63, 3.8) is 0 Å². The van der Waals surface area contributed by atoms with Gasteiger partial charge in [0.25, 0.3) is 0 Å². The first-order valence-electron chi connectivity index (χ1n) is 8.94. The number of hydrogen-bond donors (Lipinski definition) is 1. The van der Waals surface area contributed by atoms with Gasteiger partial charge < -0.3 is 10.5 Å². The number of ketones is 1. The van der Waals surface area contributed by atoms with Crippen molar-refractivity contribution in [2.45, 2.75) is 25.3 Å². The van der Waals surface area contributed by atoms with Crippen molar-refractivity contribution in [1.82, 2.24) is 14.7 Å². The number of ether oxygens (including phenoxy) is 1. The van der Waals surface area contributed by atoms with Crippen LogP contribution in [0, 0.1) is 5.92 Å². The summed E-state index contributed by atoms with van der Waals surface area (Å²) in [6.45, 7) is 3.65. The second kappa shape index (κ2) is 6.98. The lowest BCUT2D eigenvalue weighted by molar-refractivity contribution is -0.125. The molecule has 6 nitrogen and oxygen atoms in total. The van der Waals surface area contributed by atoms with E-state index in [4.69, 9.17) is 10.5 Å². The van der Waals surface area contributed by atoms with Crippen molar-refractivity contribution in [2.75, 3.05) is 32.0 Å². The standard InChI is InChI=1S/C19H24N4O2/c20-17-11-23(15-4-2-1-3-5-15)21-18(17)10-19(24)14-6-8-22(9-7-14)16-12-25-13-16/h1-5,11,14,16H,6-10,12-13,20H2. The number of likely N-dealkylation sites (tertiary alicyclic amines) is 1. The van der Waals surface area contributed by atoms with Gasteiger partial charge in [-0.15, -0.1) is 0 Å². The Morgan fingerprint density at radius 3 is 2.56 bits per heavy atom. The third-order valence-corrected chi connectivity index (χ3v) is 5.31. The average molecular weight is 340 g/mol. The van der Waals surface area contributed by atoms with Crippen LogP contribution >= 0.6 is 0 Å². The Morgan fingerprint density at radius 1 is 1.20 bits per heavy atom. The zero-order chi connectivity index (χ0) is 17.2. The molecule has 3 heterocycles. The second-order valence-corrected chi connectivity index (χ2v) is 6.96. The molecule has 2 aliphatic heterocycles. The SMILES string of the molecule is Nc1cn(-c2ccccc2)nc1CC(=O)C1CCN(C2COC2)CC1. The van der Waals surface area contributed by atoms with Gasteiger partial charge in [0.15, 0.2) is 0 Å². The highest BCUT2D eigenvalue weighted by molar-refractivity contribution is 5.84. The van der Waals surface area contributed by atoms with E-state index in [0.717, 1.165) is 44.8 Å². The molecule has 2 aliphatic rings. The van der Waals surface area contributed by atoms with Crippen molar-refractivity contribution in [2.24, 2.45) is 5.92 Å². The minimum atomic E-state index is 0.124. The topological polar surface area (TPSA) is 73.4 Å². The van der Waals surface area contributed by atoms with E-state index >= 15 is 0 Å². The molecule has 2 fully saturated rings. The fraction of sp³-hybridized carbons (Fsp3) is 0.474. The minimum Gasteiger partial charge on any atom is -0.396 e. The maximum absolute atomic E-state index is 12.7. The molecular weight excluding hydrogens is 316 g/mol. The molecule has 4 rings (SSSR count). The molecule has 2 N–H and O–H groups in total. The highest BCUT2D eigenvalue weighted by Crippen LogP contribution is 2.24. The molecule has 0 aliphatic carbocycles. The largest absolute Gasteiger partial charge is 0.396 e. The monoisotopic (exact) mass is 340 g/mol. The Morgan fingerprint density at radius 2 is 1.92 bits per heavy atom. The van der Waals surface area contributed by atoms with E-state index in [-0.39, 0.29) is 11.7 Å². The number of piperidine rings is 1. The van der Waals surface area contributed by atoms with Crippen molar-refractivity contribution in [1.29, 1.82) is 0 Å². The predicted octanol–water partition coefficient (Wildman–Crippen LogP) is 1.68. The number of Topliss-reactive ketones (excluding diaryl/α,β-unsaturated/α-hetero) is 1. The van der Waals surface area contributed by atoms with Crippen molar-refractivity contribution >= 4 is 11.5 Å². The molecule has 6 heteroatoms. The van der Waals surface area contributed by atoms with Crippen molar-refractivity contribution < 1.29 is 9.53 Å². The highest BCUT2D eigenvalue weighted by atomic mass is 16.5. The van der Waals surface area contributed by atoms with Crippen LogP contribution in [-0.2, 0) is 16.0 Å². The Balaban J connectivity index is 1.37. The summed E-state index contributed by atoms with van der Waals surface area (Å²) in [5, 5.41) is 4.52. The van der Waals surface area contributed by atoms with Crippen LogP contribution in [0.4, 0.5) is 5.69 Å². The number of carbonyl (C=O) groups is 1. The van der Waals surface area contributed by atoms with Crippen LogP contribution in [0.2, 0.25) is 0 Å². The van der Waals surface area contributed by atoms with Crippen molar-refractivity contribution in [3.05, 3.63) is 42.2 Å². The lowest BCUT2D eigenvalue weighted by Gasteiger charge is -2.41. The van der Waals surface area contributed by atoms with Gasteiger partial charge in [-0.1, -0.05) is 18.2 Å². The third kappa shape index (κ3) is 3.45. The maximum Gasteiger partial charge on any atom is 0.142 e. The number of nitrogens with two attached hydrogens (primary N) is 1. The summed E-state index contributed by atoms with van der Waals surface area (Å²) >= 11 is 0. The first-order valence-corrected chi connectivity index (χ1v) is 8.94. The van der Waals surface area contributed by atoms with E-state index in [2.05, 4.69) is 10.00 Å². The van der Waals surface area contributed by atoms with Crippen LogP contribution < -0.4 is 5.73 Å². The molecule has 0 bridgehead atoms. The third-order valence-electron chi connectivity index (χ3n) is 5.31. The van der Waals surface area contributed by atoms with Crippen LogP contribution in [0.15, 0.2) is 36.5 Å². The van der Waals surface area contributed by atoms with Gasteiger partial charge >= 0.3 is 0 Å². The summed E-state index contributed by atoms with van der Waals surface area (Å²) in [6.07, 6.45) is 3.96. The van der Waals surface area contributed by atoms with E-state index < -0.39 is 0 Å². The zero-order valence-electron chi connectivity index (χ0n) is 14.3. The quantitative estimate of drug-likeness (QED) is 0.896. The predicted molar refractivity (Wildman–Crippen MR) is 95.6 cm³/mol. The Kier molecular flexibility index (Phi) is 4.55. The van der Waals surface area contributed by atoms with Crippen LogP contribution in [-0.4, -0.2) is 52.8 Å². The molecule has 2 saturated heterocycles. The summed E-state index contributed by atoms with van der Waals surface area (Å²) in [5.41, 5.74) is 8.30. The van der Waals surface area contributed by atoms with Crippen LogP contribution in [0.3, 0.4) is 0 Å². The average Bonchev–Trinajstić information content (AvgIpc) is 2.95. The number of hydrogen-bond acceptors (Lipinski definition) is 5. The number of aromatic nitrogens is 2. The summed E-state index contributed by atoms with van der Waals surface area (Å²) < 4.78 is 7.01. The van der Waals surface area contributed by atoms with E-state index in [9.17, 15) is 4.79 Å². The van der Waals surface area contributed by atoms with Gasteiger partial charge in [0.05, 0.1) is 48.9 Å². The molecule has 0 unspecified atom stereocenters. The van der Waals surface area contributed by atoms with Gasteiger partial charge in [-0.25, -0.2) is 4.68 Å². The number of benzene rings is 1. The number of carbonyl (C=O) groups excluding carboxylic acids is 1. The molecule has 2 aromatic rings. The molecule has 0 radical (unpaired) electrons.